The van der Waals surface area contributed by atoms with Gasteiger partial charge in [0.15, 0.2) is 0 Å². The first-order valence-electron chi connectivity index (χ1n) is 6.96. The first-order chi connectivity index (χ1) is 10.1. The van der Waals surface area contributed by atoms with E-state index in [1.165, 1.54) is 4.31 Å². The third-order valence-corrected chi connectivity index (χ3v) is 4.90. The number of nitrogens with zero attached hydrogens (tertiary/aromatic N) is 1. The number of hydrogen-bond acceptors (Lipinski definition) is 4. The second kappa shape index (κ2) is 8.94. The predicted octanol–water partition coefficient (Wildman–Crippen LogP) is 1.62. The highest BCUT2D eigenvalue weighted by Gasteiger charge is 2.22. The first-order valence-corrected chi connectivity index (χ1v) is 8.40. The highest BCUT2D eigenvalue weighted by Crippen LogP contribution is 2.16. The van der Waals surface area contributed by atoms with E-state index in [0.29, 0.717) is 18.0 Å². The molecule has 0 heterocycles. The minimum absolute atomic E-state index is 0.269. The SMILES string of the molecule is C=CCN(CCOC)S(=O)(=O)c1ccc(CNCC)cc1. The molecule has 0 aromatic heterocycles. The van der Waals surface area contributed by atoms with Crippen LogP contribution in [-0.4, -0.2) is 46.1 Å². The molecule has 1 N–H and O–H groups in total. The molecular weight excluding hydrogens is 288 g/mol. The average Bonchev–Trinajstić information content (AvgIpc) is 2.49. The largest absolute Gasteiger partial charge is 0.383 e. The summed E-state index contributed by atoms with van der Waals surface area (Å²) < 4.78 is 31.4. The maximum absolute atomic E-state index is 12.6. The van der Waals surface area contributed by atoms with Crippen molar-refractivity contribution < 1.29 is 13.2 Å². The minimum Gasteiger partial charge on any atom is -0.383 e. The number of hydrogen-bond donors (Lipinski definition) is 1. The van der Waals surface area contributed by atoms with Gasteiger partial charge in [-0.1, -0.05) is 25.1 Å². The van der Waals surface area contributed by atoms with Crippen molar-refractivity contribution in [1.82, 2.24) is 9.62 Å². The Morgan fingerprint density at radius 2 is 2.00 bits per heavy atom. The van der Waals surface area contributed by atoms with Crippen molar-refractivity contribution in [3.05, 3.63) is 42.5 Å². The van der Waals surface area contributed by atoms with Crippen LogP contribution in [0.25, 0.3) is 0 Å². The van der Waals surface area contributed by atoms with E-state index in [9.17, 15) is 8.42 Å². The molecule has 0 amide bonds. The van der Waals surface area contributed by atoms with Gasteiger partial charge in [-0.15, -0.1) is 6.58 Å². The zero-order valence-electron chi connectivity index (χ0n) is 12.7. The Balaban J connectivity index is 2.90. The lowest BCUT2D eigenvalue weighted by molar-refractivity contribution is 0.182. The summed E-state index contributed by atoms with van der Waals surface area (Å²) in [6.45, 7) is 8.18. The molecule has 0 aliphatic carbocycles. The summed E-state index contributed by atoms with van der Waals surface area (Å²) in [6.07, 6.45) is 1.58. The number of benzene rings is 1. The molecule has 0 spiro atoms. The van der Waals surface area contributed by atoms with Crippen LogP contribution in [-0.2, 0) is 21.3 Å². The molecule has 0 bridgehead atoms. The highest BCUT2D eigenvalue weighted by molar-refractivity contribution is 7.89. The van der Waals surface area contributed by atoms with Crippen LogP contribution in [0.1, 0.15) is 12.5 Å². The Labute approximate surface area is 127 Å². The summed E-state index contributed by atoms with van der Waals surface area (Å²) in [6, 6.07) is 6.95. The number of sulfonamides is 1. The molecule has 5 nitrogen and oxygen atoms in total. The molecule has 1 aromatic carbocycles. The van der Waals surface area contributed by atoms with E-state index in [2.05, 4.69) is 11.9 Å². The van der Waals surface area contributed by atoms with Gasteiger partial charge in [-0.3, -0.25) is 0 Å². The van der Waals surface area contributed by atoms with E-state index in [1.54, 1.807) is 25.3 Å². The highest BCUT2D eigenvalue weighted by atomic mass is 32.2. The Kier molecular flexibility index (Phi) is 7.60. The molecule has 21 heavy (non-hydrogen) atoms. The summed E-state index contributed by atoms with van der Waals surface area (Å²) in [4.78, 5) is 0.292. The molecule has 0 fully saturated rings. The molecule has 0 aliphatic rings. The third kappa shape index (κ3) is 5.24. The molecule has 0 atom stereocenters. The maximum Gasteiger partial charge on any atom is 0.243 e. The van der Waals surface area contributed by atoms with E-state index in [0.717, 1.165) is 18.7 Å². The number of ether oxygens (including phenoxy) is 1. The normalized spacial score (nSPS) is 11.8. The Bertz CT molecular complexity index is 526. The van der Waals surface area contributed by atoms with Crippen molar-refractivity contribution in [2.75, 3.05) is 33.4 Å². The lowest BCUT2D eigenvalue weighted by Crippen LogP contribution is -2.34. The monoisotopic (exact) mass is 312 g/mol. The standard InChI is InChI=1S/C15H24N2O3S/c1-4-10-17(11-12-20-3)21(18,19)15-8-6-14(7-9-15)13-16-5-2/h4,6-9,16H,1,5,10-13H2,2-3H3. The van der Waals surface area contributed by atoms with Crippen molar-refractivity contribution in [2.45, 2.75) is 18.4 Å². The summed E-state index contributed by atoms with van der Waals surface area (Å²) in [5, 5.41) is 3.20. The van der Waals surface area contributed by atoms with Crippen LogP contribution in [0.5, 0.6) is 0 Å². The van der Waals surface area contributed by atoms with Gasteiger partial charge in [0.1, 0.15) is 0 Å². The molecule has 1 rings (SSSR count). The van der Waals surface area contributed by atoms with Crippen molar-refractivity contribution >= 4 is 10.0 Å². The fourth-order valence-electron chi connectivity index (χ4n) is 1.84. The summed E-state index contributed by atoms with van der Waals surface area (Å²) in [5.74, 6) is 0. The van der Waals surface area contributed by atoms with Crippen LogP contribution in [0.15, 0.2) is 41.8 Å². The molecule has 0 saturated heterocycles. The van der Waals surface area contributed by atoms with E-state index in [-0.39, 0.29) is 6.54 Å². The van der Waals surface area contributed by atoms with Crippen LogP contribution in [0.3, 0.4) is 0 Å². The van der Waals surface area contributed by atoms with Crippen LogP contribution in [0.4, 0.5) is 0 Å². The van der Waals surface area contributed by atoms with E-state index in [4.69, 9.17) is 4.74 Å². The summed E-state index contributed by atoms with van der Waals surface area (Å²) in [7, 11) is -1.96. The molecule has 1 aromatic rings. The van der Waals surface area contributed by atoms with E-state index in [1.807, 2.05) is 19.1 Å². The summed E-state index contributed by atoms with van der Waals surface area (Å²) >= 11 is 0. The van der Waals surface area contributed by atoms with Gasteiger partial charge in [-0.25, -0.2) is 8.42 Å². The summed E-state index contributed by atoms with van der Waals surface area (Å²) in [5.41, 5.74) is 1.06. The van der Waals surface area contributed by atoms with Gasteiger partial charge in [0.05, 0.1) is 11.5 Å². The topological polar surface area (TPSA) is 58.6 Å². The van der Waals surface area contributed by atoms with Crippen molar-refractivity contribution in [1.29, 1.82) is 0 Å². The lowest BCUT2D eigenvalue weighted by atomic mass is 10.2. The average molecular weight is 312 g/mol. The molecular formula is C15H24N2O3S. The second-order valence-corrected chi connectivity index (χ2v) is 6.51. The Morgan fingerprint density at radius 3 is 2.52 bits per heavy atom. The number of nitrogens with one attached hydrogen (secondary N) is 1. The van der Waals surface area contributed by atoms with Crippen LogP contribution < -0.4 is 5.32 Å². The molecule has 0 aliphatic heterocycles. The van der Waals surface area contributed by atoms with Gasteiger partial charge in [-0.2, -0.15) is 4.31 Å². The van der Waals surface area contributed by atoms with Crippen molar-refractivity contribution in [3.63, 3.8) is 0 Å². The quantitative estimate of drug-likeness (QED) is 0.667. The minimum atomic E-state index is -3.51. The fourth-order valence-corrected chi connectivity index (χ4v) is 3.24. The van der Waals surface area contributed by atoms with Gasteiger partial charge in [0.2, 0.25) is 10.0 Å². The van der Waals surface area contributed by atoms with Crippen molar-refractivity contribution in [3.8, 4) is 0 Å². The van der Waals surface area contributed by atoms with E-state index < -0.39 is 10.0 Å². The molecule has 0 radical (unpaired) electrons. The lowest BCUT2D eigenvalue weighted by Gasteiger charge is -2.20. The van der Waals surface area contributed by atoms with Gasteiger partial charge in [0, 0.05) is 26.7 Å². The van der Waals surface area contributed by atoms with E-state index >= 15 is 0 Å². The Hall–Kier alpha value is -1.21. The smallest absolute Gasteiger partial charge is 0.243 e. The molecule has 0 unspecified atom stereocenters. The molecule has 6 heteroatoms. The zero-order chi connectivity index (χ0) is 15.7. The number of methoxy groups -OCH3 is 1. The maximum atomic E-state index is 12.6. The predicted molar refractivity (Wildman–Crippen MR) is 84.7 cm³/mol. The Morgan fingerprint density at radius 1 is 1.33 bits per heavy atom. The van der Waals surface area contributed by atoms with Gasteiger partial charge in [-0.05, 0) is 24.2 Å². The van der Waals surface area contributed by atoms with Crippen LogP contribution in [0.2, 0.25) is 0 Å². The van der Waals surface area contributed by atoms with Gasteiger partial charge >= 0.3 is 0 Å². The van der Waals surface area contributed by atoms with Gasteiger partial charge in [0.25, 0.3) is 0 Å². The van der Waals surface area contributed by atoms with Crippen LogP contribution in [0, 0.1) is 0 Å². The molecule has 0 saturated carbocycles. The zero-order valence-corrected chi connectivity index (χ0v) is 13.5. The second-order valence-electron chi connectivity index (χ2n) is 4.57. The van der Waals surface area contributed by atoms with Crippen LogP contribution >= 0.6 is 0 Å². The third-order valence-electron chi connectivity index (χ3n) is 3.02. The first kappa shape index (κ1) is 17.8. The number of rotatable bonds is 10. The molecule has 118 valence electrons. The fraction of sp³-hybridized carbons (Fsp3) is 0.467. The van der Waals surface area contributed by atoms with Gasteiger partial charge < -0.3 is 10.1 Å². The van der Waals surface area contributed by atoms with Crippen molar-refractivity contribution in [2.24, 2.45) is 0 Å².